The largest absolute Gasteiger partial charge is 0.394 e. The Morgan fingerprint density at radius 3 is 3.04 bits per heavy atom. The van der Waals surface area contributed by atoms with E-state index >= 15 is 0 Å². The standard InChI is InChI=1S/C17H22N4O4/c1-2-3-4-5-6-10-8-21(13-7-11(23)12(9-22)25-13)15-14(10)16(24)20-17(18)19-15/h8,11-13,22-23H,2-4,7,9H2,1H3,(H3,18,19,20,24)/t11-,12+,13+/m0/s1. The van der Waals surface area contributed by atoms with Crippen LogP contribution in [0, 0.1) is 11.8 Å². The zero-order valence-electron chi connectivity index (χ0n) is 14.0. The molecule has 8 heteroatoms. The van der Waals surface area contributed by atoms with Crippen LogP contribution >= 0.6 is 0 Å². The first-order valence-corrected chi connectivity index (χ1v) is 8.38. The van der Waals surface area contributed by atoms with Crippen LogP contribution in [0.2, 0.25) is 0 Å². The van der Waals surface area contributed by atoms with Crippen LogP contribution in [-0.4, -0.2) is 43.6 Å². The molecular formula is C17H22N4O4. The molecule has 0 radical (unpaired) electrons. The molecule has 0 saturated carbocycles. The summed E-state index contributed by atoms with van der Waals surface area (Å²) in [4.78, 5) is 19.0. The van der Waals surface area contributed by atoms with Crippen molar-refractivity contribution in [3.63, 3.8) is 0 Å². The SMILES string of the molecule is CCCCC#Cc1cn([C@H]2C[C@H](O)[C@@H](CO)O2)c2nc(N)[nH]c(=O)c12. The van der Waals surface area contributed by atoms with Crippen molar-refractivity contribution in [2.75, 3.05) is 12.3 Å². The van der Waals surface area contributed by atoms with Crippen molar-refractivity contribution in [3.05, 3.63) is 22.1 Å². The number of nitrogens with two attached hydrogens (primary N) is 1. The minimum atomic E-state index is -0.786. The average Bonchev–Trinajstić information content (AvgIpc) is 3.12. The Morgan fingerprint density at radius 2 is 2.36 bits per heavy atom. The number of aliphatic hydroxyl groups is 2. The number of ether oxygens (including phenoxy) is 1. The zero-order chi connectivity index (χ0) is 18.0. The number of aliphatic hydroxyl groups excluding tert-OH is 2. The molecular weight excluding hydrogens is 324 g/mol. The molecule has 0 aliphatic carbocycles. The predicted octanol–water partition coefficient (Wildman–Crippen LogP) is 0.489. The van der Waals surface area contributed by atoms with Gasteiger partial charge in [-0.1, -0.05) is 25.2 Å². The molecule has 1 aliphatic rings. The predicted molar refractivity (Wildman–Crippen MR) is 92.8 cm³/mol. The maximum Gasteiger partial charge on any atom is 0.263 e. The Bertz CT molecular complexity index is 876. The van der Waals surface area contributed by atoms with E-state index < -0.39 is 18.4 Å². The van der Waals surface area contributed by atoms with Crippen molar-refractivity contribution in [1.29, 1.82) is 0 Å². The van der Waals surface area contributed by atoms with E-state index in [1.165, 1.54) is 0 Å². The van der Waals surface area contributed by atoms with Gasteiger partial charge in [-0.05, 0) is 6.42 Å². The fourth-order valence-electron chi connectivity index (χ4n) is 2.96. The molecule has 134 valence electrons. The third-order valence-corrected chi connectivity index (χ3v) is 4.27. The van der Waals surface area contributed by atoms with E-state index in [9.17, 15) is 15.0 Å². The van der Waals surface area contributed by atoms with Crippen LogP contribution < -0.4 is 11.3 Å². The van der Waals surface area contributed by atoms with Gasteiger partial charge in [0.1, 0.15) is 12.3 Å². The molecule has 1 saturated heterocycles. The van der Waals surface area contributed by atoms with Crippen molar-refractivity contribution in [2.24, 2.45) is 0 Å². The molecule has 0 unspecified atom stereocenters. The summed E-state index contributed by atoms with van der Waals surface area (Å²) in [6, 6.07) is 0. The number of aromatic amines is 1. The zero-order valence-corrected chi connectivity index (χ0v) is 14.0. The summed E-state index contributed by atoms with van der Waals surface area (Å²) in [6.45, 7) is 1.81. The van der Waals surface area contributed by atoms with Crippen LogP contribution in [-0.2, 0) is 4.74 Å². The molecule has 25 heavy (non-hydrogen) atoms. The van der Waals surface area contributed by atoms with Gasteiger partial charge in [0.15, 0.2) is 5.65 Å². The first kappa shape index (κ1) is 17.5. The Labute approximate surface area is 144 Å². The number of hydrogen-bond donors (Lipinski definition) is 4. The first-order valence-electron chi connectivity index (χ1n) is 8.38. The molecule has 1 aliphatic heterocycles. The molecule has 5 N–H and O–H groups in total. The lowest BCUT2D eigenvalue weighted by Gasteiger charge is -2.14. The van der Waals surface area contributed by atoms with E-state index in [2.05, 4.69) is 28.7 Å². The summed E-state index contributed by atoms with van der Waals surface area (Å²) in [5.74, 6) is 6.09. The molecule has 0 spiro atoms. The summed E-state index contributed by atoms with van der Waals surface area (Å²) in [7, 11) is 0. The van der Waals surface area contributed by atoms with Gasteiger partial charge in [0.2, 0.25) is 5.95 Å². The molecule has 0 bridgehead atoms. The van der Waals surface area contributed by atoms with E-state index in [0.29, 0.717) is 16.6 Å². The summed E-state index contributed by atoms with van der Waals surface area (Å²) in [5, 5.41) is 19.6. The normalized spacial score (nSPS) is 22.9. The second kappa shape index (κ2) is 7.27. The van der Waals surface area contributed by atoms with Crippen molar-refractivity contribution in [2.45, 2.75) is 51.0 Å². The lowest BCUT2D eigenvalue weighted by Crippen LogP contribution is -2.24. The van der Waals surface area contributed by atoms with Crippen LogP contribution in [0.3, 0.4) is 0 Å². The molecule has 8 nitrogen and oxygen atoms in total. The van der Waals surface area contributed by atoms with Crippen molar-refractivity contribution in [1.82, 2.24) is 14.5 Å². The van der Waals surface area contributed by atoms with Gasteiger partial charge in [0, 0.05) is 19.0 Å². The summed E-state index contributed by atoms with van der Waals surface area (Å²) in [5.41, 5.74) is 6.22. The van der Waals surface area contributed by atoms with E-state index in [1.54, 1.807) is 10.8 Å². The smallest absolute Gasteiger partial charge is 0.263 e. The molecule has 2 aromatic rings. The third kappa shape index (κ3) is 3.39. The molecule has 2 aromatic heterocycles. The fraction of sp³-hybridized carbons (Fsp3) is 0.529. The van der Waals surface area contributed by atoms with Crippen LogP contribution in [0.5, 0.6) is 0 Å². The third-order valence-electron chi connectivity index (χ3n) is 4.27. The van der Waals surface area contributed by atoms with Crippen molar-refractivity contribution in [3.8, 4) is 11.8 Å². The number of fused-ring (bicyclic) bond motifs is 1. The number of unbranched alkanes of at least 4 members (excludes halogenated alkanes) is 2. The highest BCUT2D eigenvalue weighted by Gasteiger charge is 2.35. The lowest BCUT2D eigenvalue weighted by molar-refractivity contribution is -0.0430. The Kier molecular flexibility index (Phi) is 5.08. The number of anilines is 1. The maximum atomic E-state index is 12.3. The Balaban J connectivity index is 2.06. The van der Waals surface area contributed by atoms with Crippen LogP contribution in [0.1, 0.15) is 44.4 Å². The summed E-state index contributed by atoms with van der Waals surface area (Å²) < 4.78 is 7.33. The number of H-pyrrole nitrogens is 1. The van der Waals surface area contributed by atoms with Crippen LogP contribution in [0.25, 0.3) is 11.0 Å². The Hall–Kier alpha value is -2.34. The minimum Gasteiger partial charge on any atom is -0.394 e. The topological polar surface area (TPSA) is 126 Å². The van der Waals surface area contributed by atoms with Crippen LogP contribution in [0.15, 0.2) is 11.0 Å². The van der Waals surface area contributed by atoms with Crippen LogP contribution in [0.4, 0.5) is 5.95 Å². The summed E-state index contributed by atoms with van der Waals surface area (Å²) >= 11 is 0. The van der Waals surface area contributed by atoms with Gasteiger partial charge >= 0.3 is 0 Å². The quantitative estimate of drug-likeness (QED) is 0.471. The maximum absolute atomic E-state index is 12.3. The molecule has 3 atom stereocenters. The monoisotopic (exact) mass is 346 g/mol. The summed E-state index contributed by atoms with van der Waals surface area (Å²) in [6.07, 6.45) is 2.76. The van der Waals surface area contributed by atoms with E-state index in [0.717, 1.165) is 19.3 Å². The second-order valence-corrected chi connectivity index (χ2v) is 6.12. The van der Waals surface area contributed by atoms with E-state index in [1.807, 2.05) is 0 Å². The average molecular weight is 346 g/mol. The van der Waals surface area contributed by atoms with Gasteiger partial charge < -0.3 is 25.3 Å². The highest BCUT2D eigenvalue weighted by molar-refractivity contribution is 5.83. The number of rotatable bonds is 4. The number of hydrogen-bond acceptors (Lipinski definition) is 6. The molecule has 0 aromatic carbocycles. The highest BCUT2D eigenvalue weighted by Crippen LogP contribution is 2.32. The number of nitrogen functional groups attached to an aromatic ring is 1. The van der Waals surface area contributed by atoms with Crippen molar-refractivity contribution < 1.29 is 14.9 Å². The van der Waals surface area contributed by atoms with Gasteiger partial charge in [-0.15, -0.1) is 0 Å². The van der Waals surface area contributed by atoms with Crippen molar-refractivity contribution >= 4 is 17.0 Å². The van der Waals surface area contributed by atoms with E-state index in [-0.39, 0.29) is 24.5 Å². The van der Waals surface area contributed by atoms with Gasteiger partial charge in [0.05, 0.1) is 23.7 Å². The first-order chi connectivity index (χ1) is 12.0. The van der Waals surface area contributed by atoms with Gasteiger partial charge in [-0.3, -0.25) is 9.78 Å². The second-order valence-electron chi connectivity index (χ2n) is 6.12. The van der Waals surface area contributed by atoms with Gasteiger partial charge in [-0.25, -0.2) is 0 Å². The van der Waals surface area contributed by atoms with Gasteiger partial charge in [0.25, 0.3) is 5.56 Å². The highest BCUT2D eigenvalue weighted by atomic mass is 16.5. The van der Waals surface area contributed by atoms with Gasteiger partial charge in [-0.2, -0.15) is 4.98 Å². The molecule has 0 amide bonds. The molecule has 3 rings (SSSR count). The number of nitrogens with zero attached hydrogens (tertiary/aromatic N) is 2. The minimum absolute atomic E-state index is 0.000374. The van der Waals surface area contributed by atoms with E-state index in [4.69, 9.17) is 10.5 Å². The Morgan fingerprint density at radius 1 is 1.56 bits per heavy atom. The number of aromatic nitrogens is 3. The fourth-order valence-corrected chi connectivity index (χ4v) is 2.96. The lowest BCUT2D eigenvalue weighted by atomic mass is 10.2. The molecule has 1 fully saturated rings. The number of nitrogens with one attached hydrogen (secondary N) is 1. The molecule has 3 heterocycles.